The van der Waals surface area contributed by atoms with Crippen molar-refractivity contribution in [2.45, 2.75) is 19.3 Å². The second kappa shape index (κ2) is 30.7. The maximum Gasteiger partial charge on any atom is 0.196 e. The summed E-state index contributed by atoms with van der Waals surface area (Å²) in [5, 5.41) is 44.2. The highest BCUT2D eigenvalue weighted by Crippen LogP contribution is 2.51. The first-order valence-corrected chi connectivity index (χ1v) is 44.6. The van der Waals surface area contributed by atoms with Gasteiger partial charge >= 0.3 is 0 Å². The van der Waals surface area contributed by atoms with Crippen molar-refractivity contribution < 1.29 is 0 Å². The van der Waals surface area contributed by atoms with Gasteiger partial charge in [0.1, 0.15) is 0 Å². The second-order valence-electron chi connectivity index (χ2n) is 33.1. The van der Waals surface area contributed by atoms with E-state index in [0.29, 0.717) is 50.4 Å². The summed E-state index contributed by atoms with van der Waals surface area (Å²) in [7, 11) is -2.65. The Kier molecular flexibility index (Phi) is 18.4. The molecule has 1 aliphatic carbocycles. The summed E-state index contributed by atoms with van der Waals surface area (Å²) in [6.45, 7) is 27.8. The van der Waals surface area contributed by atoms with Gasteiger partial charge in [0.05, 0.1) is 82.1 Å². The molecule has 24 rings (SSSR count). The van der Waals surface area contributed by atoms with Gasteiger partial charge in [-0.2, -0.15) is 15.8 Å². The van der Waals surface area contributed by atoms with Crippen LogP contribution in [0.4, 0.5) is 17.1 Å². The lowest BCUT2D eigenvalue weighted by molar-refractivity contribution is 0.660. The Morgan fingerprint density at radius 2 is 0.586 bits per heavy atom. The van der Waals surface area contributed by atoms with E-state index >= 15 is 0 Å². The van der Waals surface area contributed by atoms with Crippen LogP contribution in [0, 0.1) is 53.7 Å². The molecule has 0 spiro atoms. The van der Waals surface area contributed by atoms with Gasteiger partial charge in [-0.1, -0.05) is 287 Å². The summed E-state index contributed by atoms with van der Waals surface area (Å²) in [5.74, 6) is 0. The summed E-state index contributed by atoms with van der Waals surface area (Å²) in [5.41, 5.74) is 28.9. The summed E-state index contributed by atoms with van der Waals surface area (Å²) in [6.07, 6.45) is 0. The van der Waals surface area contributed by atoms with Crippen LogP contribution in [0.15, 0.2) is 400 Å². The molecule has 0 amide bonds. The highest BCUT2D eigenvalue weighted by molar-refractivity contribution is 7.22. The Balaban J connectivity index is 0.000000114. The Morgan fingerprint density at radius 1 is 0.250 bits per heavy atom. The summed E-state index contributed by atoms with van der Waals surface area (Å²) < 4.78 is 9.36. The maximum atomic E-state index is 9.93. The lowest BCUT2D eigenvalue weighted by atomic mass is 9.82. The zero-order chi connectivity index (χ0) is 86.5. The number of aromatic nitrogens is 4. The Labute approximate surface area is 740 Å². The molecule has 22 aromatic rings. The van der Waals surface area contributed by atoms with E-state index < -0.39 is 8.07 Å². The minimum absolute atomic E-state index is 0.0783. The Bertz CT molecular complexity index is 8560. The first kappa shape index (κ1) is 76.4. The number of nitrogens with zero attached hydrogens (tertiary/aromatic N) is 10. The highest BCUT2D eigenvalue weighted by atomic mass is 28.3. The fourth-order valence-electron chi connectivity index (χ4n) is 20.7. The molecule has 1 aliphatic heterocycles. The van der Waals surface area contributed by atoms with Gasteiger partial charge in [0.15, 0.2) is 25.1 Å². The van der Waals surface area contributed by atoms with Gasteiger partial charge in [0.25, 0.3) is 0 Å². The molecule has 0 saturated heterocycles. The van der Waals surface area contributed by atoms with Gasteiger partial charge in [-0.3, -0.25) is 0 Å². The zero-order valence-electron chi connectivity index (χ0n) is 69.6. The Hall–Kier alpha value is -17.7. The van der Waals surface area contributed by atoms with Crippen molar-refractivity contribution in [1.82, 2.24) is 18.3 Å². The molecule has 128 heavy (non-hydrogen) atoms. The third kappa shape index (κ3) is 11.9. The van der Waals surface area contributed by atoms with E-state index in [1.807, 2.05) is 18.2 Å². The molecule has 2 aliphatic rings. The topological polar surface area (TPSA) is 104 Å². The fourth-order valence-corrected chi connectivity index (χ4v) is 25.9. The van der Waals surface area contributed by atoms with Gasteiger partial charge in [-0.15, -0.1) is 0 Å². The average Bonchev–Trinajstić information content (AvgIpc) is 1.53. The van der Waals surface area contributed by atoms with Crippen LogP contribution in [0.3, 0.4) is 0 Å². The van der Waals surface area contributed by atoms with Crippen molar-refractivity contribution in [3.63, 3.8) is 0 Å². The standard InChI is InChI=1S/C44H27N3Si.C38H22N4.C35H23N3/c1-46-39-20-12-13-31(29-45)44(39)30-23-26-41-38(27-30)35-18-8-10-21-40(35)47(41)32-24-25-37-36-19-9-11-22-42(36)48(43(37)28-32,33-14-4-2-5-15-33)34-16-6-3-7-17-34;1-40-33-15-9-10-26(24-39)38(33)25-18-21-36-32(22-25)30-14-6-8-17-35(30)42(36)28-19-20-31-29-13-5-7-16-34(29)41(37(31)23-28)27-11-3-2-4-12-27;1-35(2)29-12-6-4-10-25(29)26-17-16-24(20-30(26)35)38-32-14-7-5-11-27(32)28-19-22(15-18-33(28)38)34-23(21-36)9-8-13-31(34)37-3/h2-28H;2-23H;4-20H,1-2H3. The van der Waals surface area contributed by atoms with Crippen LogP contribution in [-0.2, 0) is 5.41 Å². The fraction of sp³-hybridized carbons (Fsp3) is 0.0256. The van der Waals surface area contributed by atoms with Crippen LogP contribution in [0.2, 0.25) is 0 Å². The monoisotopic (exact) mass is 1640 g/mol. The minimum Gasteiger partial charge on any atom is -0.309 e. The molecule has 0 atom stereocenters. The molecule has 0 radical (unpaired) electrons. The van der Waals surface area contributed by atoms with Gasteiger partial charge < -0.3 is 18.3 Å². The number of nitriles is 3. The van der Waals surface area contributed by atoms with Gasteiger partial charge in [0.2, 0.25) is 0 Å². The van der Waals surface area contributed by atoms with E-state index in [2.05, 4.69) is 392 Å². The summed E-state index contributed by atoms with van der Waals surface area (Å²) in [6, 6.07) is 147. The number of rotatable bonds is 9. The van der Waals surface area contributed by atoms with Crippen molar-refractivity contribution in [2.75, 3.05) is 0 Å². The third-order valence-electron chi connectivity index (χ3n) is 26.2. The van der Waals surface area contributed by atoms with Crippen LogP contribution in [0.1, 0.15) is 41.7 Å². The van der Waals surface area contributed by atoms with Crippen LogP contribution in [-0.4, -0.2) is 26.3 Å². The predicted molar refractivity (Wildman–Crippen MR) is 526 cm³/mol. The van der Waals surface area contributed by atoms with Crippen molar-refractivity contribution >= 4 is 133 Å². The number of hydrogen-bond acceptors (Lipinski definition) is 3. The molecule has 0 bridgehead atoms. The van der Waals surface area contributed by atoms with Gasteiger partial charge in [-0.25, -0.2) is 14.5 Å². The minimum atomic E-state index is -2.65. The lowest BCUT2D eigenvalue weighted by Gasteiger charge is -2.31. The van der Waals surface area contributed by atoms with Crippen molar-refractivity contribution in [3.8, 4) is 96.6 Å². The molecule has 0 fully saturated rings. The molecule has 11 heteroatoms. The molecule has 5 heterocycles. The van der Waals surface area contributed by atoms with Crippen LogP contribution < -0.4 is 20.7 Å². The van der Waals surface area contributed by atoms with E-state index in [1.165, 1.54) is 70.4 Å². The molecule has 594 valence electrons. The summed E-state index contributed by atoms with van der Waals surface area (Å²) in [4.78, 5) is 11.2. The maximum absolute atomic E-state index is 9.93. The number of fused-ring (bicyclic) bond motifs is 18. The van der Waals surface area contributed by atoms with Crippen molar-refractivity contribution in [2.24, 2.45) is 0 Å². The van der Waals surface area contributed by atoms with E-state index in [-0.39, 0.29) is 5.41 Å². The van der Waals surface area contributed by atoms with Crippen molar-refractivity contribution in [3.05, 3.63) is 462 Å². The quantitative estimate of drug-likeness (QED) is 0.106. The highest BCUT2D eigenvalue weighted by Gasteiger charge is 2.49. The molecule has 0 N–H and O–H groups in total. The van der Waals surface area contributed by atoms with Crippen LogP contribution >= 0.6 is 0 Å². The van der Waals surface area contributed by atoms with E-state index in [1.54, 1.807) is 54.6 Å². The first-order chi connectivity index (χ1) is 63.0. The molecule has 10 nitrogen and oxygen atoms in total. The second-order valence-corrected chi connectivity index (χ2v) is 36.8. The average molecular weight is 1650 g/mol. The molecular weight excluding hydrogens is 1570 g/mol. The molecule has 4 aromatic heterocycles. The zero-order valence-corrected chi connectivity index (χ0v) is 70.6. The predicted octanol–water partition coefficient (Wildman–Crippen LogP) is 27.4. The SMILES string of the molecule is [C-]#[N+]c1cccc(C#N)c1-c1ccc2c(c1)c1ccccc1n2-c1ccc2c(c1)C(C)(C)c1ccccc1-2.[C-]#[N+]c1cccc(C#N)c1-c1ccc2c(c1)c1ccccc1n2-c1ccc2c(c1)[Si](c1ccccc1)(c1ccccc1)c1ccccc1-2.[C-]#[N+]c1cccc(C#N)c1-c1ccc2c(c1)c1ccccc1n2-c1ccc2c3ccccc3n(-c3ccccc3)c2c1. The van der Waals surface area contributed by atoms with Gasteiger partial charge in [0, 0.05) is 105 Å². The smallest absolute Gasteiger partial charge is 0.196 e. The normalized spacial score (nSPS) is 12.4. The first-order valence-electron chi connectivity index (χ1n) is 42.6. The molecule has 0 unspecified atom stereocenters. The number of para-hydroxylation sites is 5. The van der Waals surface area contributed by atoms with Crippen LogP contribution in [0.5, 0.6) is 0 Å². The van der Waals surface area contributed by atoms with Crippen LogP contribution in [0.25, 0.3) is 180 Å². The molecular formula is C117H72N10Si. The van der Waals surface area contributed by atoms with E-state index in [9.17, 15) is 15.8 Å². The largest absolute Gasteiger partial charge is 0.309 e. The number of hydrogen-bond donors (Lipinski definition) is 0. The van der Waals surface area contributed by atoms with Gasteiger partial charge in [-0.05, 0) is 198 Å². The van der Waals surface area contributed by atoms with E-state index in [4.69, 9.17) is 19.7 Å². The molecule has 0 saturated carbocycles. The molecule has 18 aromatic carbocycles. The Morgan fingerprint density at radius 3 is 1.04 bits per heavy atom. The third-order valence-corrected chi connectivity index (χ3v) is 31.1. The number of benzene rings is 18. The van der Waals surface area contributed by atoms with Crippen molar-refractivity contribution in [1.29, 1.82) is 15.8 Å². The summed E-state index contributed by atoms with van der Waals surface area (Å²) >= 11 is 0. The van der Waals surface area contributed by atoms with E-state index in [0.717, 1.165) is 110 Å². The lowest BCUT2D eigenvalue weighted by Crippen LogP contribution is -2.72.